The Bertz CT molecular complexity index is 1030. The van der Waals surface area contributed by atoms with Crippen LogP contribution in [0, 0.1) is 12.8 Å². The summed E-state index contributed by atoms with van der Waals surface area (Å²) in [4.78, 5) is 33.2. The zero-order chi connectivity index (χ0) is 22.3. The molecule has 1 fully saturated rings. The Morgan fingerprint density at radius 1 is 1.32 bits per heavy atom. The van der Waals surface area contributed by atoms with Gasteiger partial charge >= 0.3 is 0 Å². The van der Waals surface area contributed by atoms with Crippen LogP contribution in [0.15, 0.2) is 44.3 Å². The lowest BCUT2D eigenvalue weighted by Gasteiger charge is -2.29. The summed E-state index contributed by atoms with van der Waals surface area (Å²) in [6.45, 7) is 8.30. The molecule has 3 heterocycles. The summed E-state index contributed by atoms with van der Waals surface area (Å²) in [5.74, 6) is 0.600. The van der Waals surface area contributed by atoms with E-state index < -0.39 is 11.5 Å². The zero-order valence-corrected chi connectivity index (χ0v) is 19.8. The Labute approximate surface area is 190 Å². The van der Waals surface area contributed by atoms with E-state index in [2.05, 4.69) is 26.4 Å². The lowest BCUT2D eigenvalue weighted by molar-refractivity contribution is -0.134. The van der Waals surface area contributed by atoms with Crippen molar-refractivity contribution in [2.45, 2.75) is 58.0 Å². The summed E-state index contributed by atoms with van der Waals surface area (Å²) in [6.07, 6.45) is 1.63. The van der Waals surface area contributed by atoms with Gasteiger partial charge in [0.25, 0.3) is 5.91 Å². The summed E-state index contributed by atoms with van der Waals surface area (Å²) in [5, 5.41) is 6.93. The molecule has 1 aromatic heterocycles. The average molecular weight is 487 g/mol. The lowest BCUT2D eigenvalue weighted by Crippen LogP contribution is -2.48. The van der Waals surface area contributed by atoms with Gasteiger partial charge in [0, 0.05) is 17.1 Å². The van der Waals surface area contributed by atoms with Crippen LogP contribution in [0.3, 0.4) is 0 Å². The van der Waals surface area contributed by atoms with Crippen molar-refractivity contribution in [2.75, 3.05) is 6.54 Å². The number of aromatic nitrogens is 1. The number of aryl methyl sites for hydroxylation is 1. The van der Waals surface area contributed by atoms with Gasteiger partial charge in [0.1, 0.15) is 17.5 Å². The monoisotopic (exact) mass is 486 g/mol. The van der Waals surface area contributed by atoms with Crippen LogP contribution in [0.5, 0.6) is 0 Å². The maximum absolute atomic E-state index is 13.6. The molecule has 8 heteroatoms. The van der Waals surface area contributed by atoms with Gasteiger partial charge in [-0.15, -0.1) is 0 Å². The molecular formula is C23H27BrN4O3. The standard InChI is InChI=1S/C23H27BrN4O3/c1-13(2)19(18-12-14(3)27-31-18)21(29)28-11-5-6-17(28)20-25-22(30)23(4,26-20)15-7-9-16(24)10-8-15/h7-10,12-13,17,19H,5-6,11H2,1-4H3,(H,25,26,30). The van der Waals surface area contributed by atoms with E-state index in [-0.39, 0.29) is 23.8 Å². The third-order valence-electron chi connectivity index (χ3n) is 6.17. The molecule has 31 heavy (non-hydrogen) atoms. The molecule has 0 aliphatic carbocycles. The number of nitrogens with zero attached hydrogens (tertiary/aromatic N) is 3. The molecule has 0 saturated carbocycles. The van der Waals surface area contributed by atoms with E-state index in [1.807, 2.05) is 62.9 Å². The van der Waals surface area contributed by atoms with Crippen molar-refractivity contribution >= 4 is 33.6 Å². The highest BCUT2D eigenvalue weighted by molar-refractivity contribution is 9.10. The van der Waals surface area contributed by atoms with Crippen molar-refractivity contribution in [3.8, 4) is 0 Å². The molecule has 0 spiro atoms. The Hall–Kier alpha value is -2.48. The number of carbonyl (C=O) groups excluding carboxylic acids is 2. The van der Waals surface area contributed by atoms with Crippen molar-refractivity contribution in [1.29, 1.82) is 0 Å². The predicted octanol–water partition coefficient (Wildman–Crippen LogP) is 3.92. The highest BCUT2D eigenvalue weighted by Gasteiger charge is 2.46. The van der Waals surface area contributed by atoms with E-state index in [9.17, 15) is 9.59 Å². The zero-order valence-electron chi connectivity index (χ0n) is 18.2. The Morgan fingerprint density at radius 2 is 2.03 bits per heavy atom. The van der Waals surface area contributed by atoms with Gasteiger partial charge in [-0.2, -0.15) is 0 Å². The molecule has 1 N–H and O–H groups in total. The lowest BCUT2D eigenvalue weighted by atomic mass is 9.91. The van der Waals surface area contributed by atoms with Crippen LogP contribution >= 0.6 is 15.9 Å². The molecule has 2 aromatic rings. The highest BCUT2D eigenvalue weighted by Crippen LogP contribution is 2.35. The summed E-state index contributed by atoms with van der Waals surface area (Å²) in [5.41, 5.74) is 0.563. The number of amidine groups is 1. The molecule has 4 rings (SSSR count). The molecule has 2 amide bonds. The second-order valence-corrected chi connectivity index (χ2v) is 9.73. The molecule has 1 aromatic carbocycles. The van der Waals surface area contributed by atoms with Crippen molar-refractivity contribution in [3.63, 3.8) is 0 Å². The first-order valence-electron chi connectivity index (χ1n) is 10.6. The van der Waals surface area contributed by atoms with Crippen LogP contribution in [0.4, 0.5) is 0 Å². The van der Waals surface area contributed by atoms with Crippen LogP contribution in [-0.2, 0) is 15.1 Å². The first kappa shape index (κ1) is 21.7. The van der Waals surface area contributed by atoms with Gasteiger partial charge in [-0.05, 0) is 50.3 Å². The summed E-state index contributed by atoms with van der Waals surface area (Å²) < 4.78 is 6.39. The van der Waals surface area contributed by atoms with Crippen LogP contribution in [0.1, 0.15) is 56.5 Å². The topological polar surface area (TPSA) is 87.8 Å². The van der Waals surface area contributed by atoms with Crippen LogP contribution in [-0.4, -0.2) is 40.3 Å². The quantitative estimate of drug-likeness (QED) is 0.693. The van der Waals surface area contributed by atoms with E-state index in [0.29, 0.717) is 18.1 Å². The number of halogens is 1. The summed E-state index contributed by atoms with van der Waals surface area (Å²) in [6, 6.07) is 9.17. The largest absolute Gasteiger partial charge is 0.360 e. The van der Waals surface area contributed by atoms with Crippen LogP contribution in [0.25, 0.3) is 0 Å². The minimum Gasteiger partial charge on any atom is -0.360 e. The van der Waals surface area contributed by atoms with Crippen molar-refractivity contribution in [2.24, 2.45) is 10.9 Å². The van der Waals surface area contributed by atoms with Gasteiger partial charge < -0.3 is 14.7 Å². The maximum Gasteiger partial charge on any atom is 0.257 e. The number of hydrogen-bond donors (Lipinski definition) is 1. The van der Waals surface area contributed by atoms with Gasteiger partial charge in [0.05, 0.1) is 11.7 Å². The number of benzene rings is 1. The summed E-state index contributed by atoms with van der Waals surface area (Å²) in [7, 11) is 0. The minimum absolute atomic E-state index is 0.0113. The Morgan fingerprint density at radius 3 is 2.65 bits per heavy atom. The van der Waals surface area contributed by atoms with E-state index >= 15 is 0 Å². The normalized spacial score (nSPS) is 24.5. The second kappa shape index (κ2) is 8.22. The number of hydrogen-bond acceptors (Lipinski definition) is 5. The molecule has 3 unspecified atom stereocenters. The fourth-order valence-electron chi connectivity index (χ4n) is 4.44. The molecule has 7 nitrogen and oxygen atoms in total. The fourth-order valence-corrected chi connectivity index (χ4v) is 4.71. The molecule has 2 aliphatic rings. The third kappa shape index (κ3) is 3.93. The van der Waals surface area contributed by atoms with E-state index in [1.165, 1.54) is 0 Å². The predicted molar refractivity (Wildman–Crippen MR) is 121 cm³/mol. The smallest absolute Gasteiger partial charge is 0.257 e. The molecule has 164 valence electrons. The maximum atomic E-state index is 13.6. The third-order valence-corrected chi connectivity index (χ3v) is 6.70. The van der Waals surface area contributed by atoms with E-state index in [4.69, 9.17) is 9.52 Å². The van der Waals surface area contributed by atoms with Crippen LogP contribution < -0.4 is 5.32 Å². The Balaban J connectivity index is 1.63. The second-order valence-electron chi connectivity index (χ2n) is 8.81. The Kier molecular flexibility index (Phi) is 5.77. The average Bonchev–Trinajstić information content (AvgIpc) is 3.42. The van der Waals surface area contributed by atoms with Gasteiger partial charge in [0.15, 0.2) is 5.54 Å². The first-order chi connectivity index (χ1) is 14.7. The summed E-state index contributed by atoms with van der Waals surface area (Å²) >= 11 is 3.43. The van der Waals surface area contributed by atoms with Gasteiger partial charge in [-0.25, -0.2) is 4.99 Å². The van der Waals surface area contributed by atoms with Gasteiger partial charge in [-0.1, -0.05) is 47.1 Å². The minimum atomic E-state index is -1.01. The van der Waals surface area contributed by atoms with Gasteiger partial charge in [0.2, 0.25) is 5.91 Å². The number of amides is 2. The number of nitrogens with one attached hydrogen (secondary N) is 1. The highest BCUT2D eigenvalue weighted by atomic mass is 79.9. The molecule has 3 atom stereocenters. The number of rotatable bonds is 5. The van der Waals surface area contributed by atoms with E-state index in [1.54, 1.807) is 0 Å². The molecule has 2 aliphatic heterocycles. The number of likely N-dealkylation sites (tertiary alicyclic amines) is 1. The number of aliphatic imine (C=N–C) groups is 1. The molecule has 1 saturated heterocycles. The SMILES string of the molecule is Cc1cc(C(C(=O)N2CCCC2C2=NC(C)(c3ccc(Br)cc3)C(=O)N2)C(C)C)on1. The molecule has 0 bridgehead atoms. The molecule has 0 radical (unpaired) electrons. The van der Waals surface area contributed by atoms with Crippen molar-refractivity contribution < 1.29 is 14.1 Å². The van der Waals surface area contributed by atoms with Crippen molar-refractivity contribution in [1.82, 2.24) is 15.4 Å². The molecular weight excluding hydrogens is 460 g/mol. The van der Waals surface area contributed by atoms with E-state index in [0.717, 1.165) is 28.6 Å². The van der Waals surface area contributed by atoms with Gasteiger partial charge in [-0.3, -0.25) is 9.59 Å². The number of carbonyl (C=O) groups is 2. The first-order valence-corrected chi connectivity index (χ1v) is 11.4. The van der Waals surface area contributed by atoms with Crippen molar-refractivity contribution in [3.05, 3.63) is 51.8 Å². The van der Waals surface area contributed by atoms with Crippen LogP contribution in [0.2, 0.25) is 0 Å². The fraction of sp³-hybridized carbons (Fsp3) is 0.478.